The zero-order valence-electron chi connectivity index (χ0n) is 8.51. The highest BCUT2D eigenvalue weighted by atomic mass is 15.1. The van der Waals surface area contributed by atoms with Crippen LogP contribution in [0.15, 0.2) is 48.8 Å². The van der Waals surface area contributed by atoms with E-state index in [1.54, 1.807) is 12.4 Å². The summed E-state index contributed by atoms with van der Waals surface area (Å²) in [6.45, 7) is 0. The quantitative estimate of drug-likeness (QED) is 0.682. The molecule has 0 aliphatic carbocycles. The van der Waals surface area contributed by atoms with E-state index in [0.29, 0.717) is 0 Å². The first-order chi connectivity index (χ1) is 7.95. The smallest absolute Gasteiger partial charge is 0.0656 e. The predicted octanol–water partition coefficient (Wildman–Crippen LogP) is 2.47. The molecule has 4 nitrogen and oxygen atoms in total. The van der Waals surface area contributed by atoms with E-state index in [-0.39, 0.29) is 0 Å². The molecule has 0 atom stereocenters. The number of aromatic amines is 2. The van der Waals surface area contributed by atoms with E-state index >= 15 is 0 Å². The Balaban J connectivity index is 2.19. The first kappa shape index (κ1) is 8.91. The second-order valence-corrected chi connectivity index (χ2v) is 3.49. The lowest BCUT2D eigenvalue weighted by atomic mass is 10.0. The number of hydrogen-bond donors (Lipinski definition) is 2. The summed E-state index contributed by atoms with van der Waals surface area (Å²) < 4.78 is 0. The number of benzene rings is 1. The second-order valence-electron chi connectivity index (χ2n) is 3.49. The maximum atomic E-state index is 3.97. The van der Waals surface area contributed by atoms with Crippen LogP contribution in [-0.4, -0.2) is 20.4 Å². The SMILES string of the molecule is c1ccc(-c2ccn[nH]2)c(-c2ccn[nH]2)c1. The van der Waals surface area contributed by atoms with Gasteiger partial charge in [-0.15, -0.1) is 0 Å². The maximum Gasteiger partial charge on any atom is 0.0656 e. The van der Waals surface area contributed by atoms with Gasteiger partial charge in [-0.25, -0.2) is 0 Å². The van der Waals surface area contributed by atoms with Crippen LogP contribution in [0.1, 0.15) is 0 Å². The average Bonchev–Trinajstić information content (AvgIpc) is 3.03. The summed E-state index contributed by atoms with van der Waals surface area (Å²) in [7, 11) is 0. The van der Waals surface area contributed by atoms with E-state index < -0.39 is 0 Å². The molecule has 0 aliphatic heterocycles. The van der Waals surface area contributed by atoms with Crippen molar-refractivity contribution in [2.75, 3.05) is 0 Å². The van der Waals surface area contributed by atoms with Crippen molar-refractivity contribution in [3.05, 3.63) is 48.8 Å². The van der Waals surface area contributed by atoms with Crippen molar-refractivity contribution in [2.24, 2.45) is 0 Å². The molecular weight excluding hydrogens is 200 g/mol. The summed E-state index contributed by atoms with van der Waals surface area (Å²) in [5.41, 5.74) is 4.24. The number of H-pyrrole nitrogens is 2. The Labute approximate surface area is 92.3 Å². The second kappa shape index (κ2) is 3.66. The fraction of sp³-hybridized carbons (Fsp3) is 0. The Bertz CT molecular complexity index is 514. The van der Waals surface area contributed by atoms with Gasteiger partial charge in [0.1, 0.15) is 0 Å². The lowest BCUT2D eigenvalue weighted by molar-refractivity contribution is 1.09. The molecule has 78 valence electrons. The molecule has 3 rings (SSSR count). The molecule has 0 bridgehead atoms. The molecular formula is C12H10N4. The van der Waals surface area contributed by atoms with Crippen molar-refractivity contribution in [1.82, 2.24) is 20.4 Å². The van der Waals surface area contributed by atoms with E-state index in [1.165, 1.54) is 0 Å². The minimum absolute atomic E-state index is 1.00. The van der Waals surface area contributed by atoms with Crippen LogP contribution in [0.4, 0.5) is 0 Å². The third-order valence-corrected chi connectivity index (χ3v) is 2.51. The topological polar surface area (TPSA) is 57.4 Å². The molecule has 0 saturated carbocycles. The van der Waals surface area contributed by atoms with Crippen molar-refractivity contribution < 1.29 is 0 Å². The molecule has 0 amide bonds. The van der Waals surface area contributed by atoms with Gasteiger partial charge in [0.15, 0.2) is 0 Å². The first-order valence-electron chi connectivity index (χ1n) is 5.03. The molecule has 0 saturated heterocycles. The molecule has 4 heteroatoms. The van der Waals surface area contributed by atoms with Crippen molar-refractivity contribution in [1.29, 1.82) is 0 Å². The molecule has 16 heavy (non-hydrogen) atoms. The van der Waals surface area contributed by atoms with Gasteiger partial charge in [-0.2, -0.15) is 10.2 Å². The summed E-state index contributed by atoms with van der Waals surface area (Å²) in [5, 5.41) is 13.9. The normalized spacial score (nSPS) is 10.5. The minimum atomic E-state index is 1.00. The van der Waals surface area contributed by atoms with E-state index in [2.05, 4.69) is 32.5 Å². The molecule has 0 unspecified atom stereocenters. The van der Waals surface area contributed by atoms with Gasteiger partial charge >= 0.3 is 0 Å². The lowest BCUT2D eigenvalue weighted by Gasteiger charge is -2.04. The van der Waals surface area contributed by atoms with Gasteiger partial charge < -0.3 is 0 Å². The monoisotopic (exact) mass is 210 g/mol. The standard InChI is InChI=1S/C12H10N4/c1-2-4-10(12-6-8-14-16-12)9(3-1)11-5-7-13-15-11/h1-8H,(H,13,15)(H,14,16). The molecule has 2 aromatic heterocycles. The Morgan fingerprint density at radius 3 is 1.56 bits per heavy atom. The summed E-state index contributed by atoms with van der Waals surface area (Å²) in [6, 6.07) is 12.0. The third-order valence-electron chi connectivity index (χ3n) is 2.51. The summed E-state index contributed by atoms with van der Waals surface area (Å²) >= 11 is 0. The zero-order chi connectivity index (χ0) is 10.8. The fourth-order valence-corrected chi connectivity index (χ4v) is 1.76. The highest BCUT2D eigenvalue weighted by molar-refractivity contribution is 5.79. The Morgan fingerprint density at radius 2 is 1.19 bits per heavy atom. The minimum Gasteiger partial charge on any atom is -0.278 e. The first-order valence-corrected chi connectivity index (χ1v) is 5.03. The van der Waals surface area contributed by atoms with Crippen molar-refractivity contribution in [2.45, 2.75) is 0 Å². The zero-order valence-corrected chi connectivity index (χ0v) is 8.51. The van der Waals surface area contributed by atoms with E-state index in [1.807, 2.05) is 24.3 Å². The van der Waals surface area contributed by atoms with Gasteiger partial charge in [-0.3, -0.25) is 10.2 Å². The number of aromatic nitrogens is 4. The number of rotatable bonds is 2. The van der Waals surface area contributed by atoms with Crippen molar-refractivity contribution in [3.8, 4) is 22.5 Å². The van der Waals surface area contributed by atoms with Crippen molar-refractivity contribution in [3.63, 3.8) is 0 Å². The molecule has 0 spiro atoms. The van der Waals surface area contributed by atoms with Gasteiger partial charge in [0, 0.05) is 23.5 Å². The van der Waals surface area contributed by atoms with Gasteiger partial charge in [-0.1, -0.05) is 24.3 Å². The molecule has 1 aromatic carbocycles. The van der Waals surface area contributed by atoms with Crippen LogP contribution in [0.3, 0.4) is 0 Å². The van der Waals surface area contributed by atoms with Gasteiger partial charge in [0.05, 0.1) is 11.4 Å². The molecule has 2 heterocycles. The Hall–Kier alpha value is -2.36. The highest BCUT2D eigenvalue weighted by Crippen LogP contribution is 2.28. The predicted molar refractivity (Wildman–Crippen MR) is 61.6 cm³/mol. The molecule has 3 aromatic rings. The molecule has 2 N–H and O–H groups in total. The van der Waals surface area contributed by atoms with Crippen LogP contribution >= 0.6 is 0 Å². The molecule has 0 aliphatic rings. The van der Waals surface area contributed by atoms with Crippen LogP contribution in [-0.2, 0) is 0 Å². The summed E-state index contributed by atoms with van der Waals surface area (Å²) in [5.74, 6) is 0. The highest BCUT2D eigenvalue weighted by Gasteiger charge is 2.07. The number of hydrogen-bond acceptors (Lipinski definition) is 2. The van der Waals surface area contributed by atoms with Crippen LogP contribution < -0.4 is 0 Å². The maximum absolute atomic E-state index is 3.97. The fourth-order valence-electron chi connectivity index (χ4n) is 1.76. The Kier molecular flexibility index (Phi) is 2.04. The van der Waals surface area contributed by atoms with Gasteiger partial charge in [0.2, 0.25) is 0 Å². The van der Waals surface area contributed by atoms with Crippen LogP contribution in [0, 0.1) is 0 Å². The van der Waals surface area contributed by atoms with E-state index in [4.69, 9.17) is 0 Å². The van der Waals surface area contributed by atoms with Crippen LogP contribution in [0.2, 0.25) is 0 Å². The summed E-state index contributed by atoms with van der Waals surface area (Å²) in [6.07, 6.45) is 3.50. The van der Waals surface area contributed by atoms with Crippen LogP contribution in [0.25, 0.3) is 22.5 Å². The number of nitrogens with zero attached hydrogens (tertiary/aromatic N) is 2. The largest absolute Gasteiger partial charge is 0.278 e. The van der Waals surface area contributed by atoms with E-state index in [0.717, 1.165) is 22.5 Å². The van der Waals surface area contributed by atoms with E-state index in [9.17, 15) is 0 Å². The lowest BCUT2D eigenvalue weighted by Crippen LogP contribution is -1.85. The average molecular weight is 210 g/mol. The van der Waals surface area contributed by atoms with Gasteiger partial charge in [0.25, 0.3) is 0 Å². The summed E-state index contributed by atoms with van der Waals surface area (Å²) in [4.78, 5) is 0. The van der Waals surface area contributed by atoms with Gasteiger partial charge in [-0.05, 0) is 12.1 Å². The molecule has 0 fully saturated rings. The number of nitrogens with one attached hydrogen (secondary N) is 2. The van der Waals surface area contributed by atoms with Crippen LogP contribution in [0.5, 0.6) is 0 Å². The molecule has 0 radical (unpaired) electrons. The van der Waals surface area contributed by atoms with Crippen molar-refractivity contribution >= 4 is 0 Å². The Morgan fingerprint density at radius 1 is 0.688 bits per heavy atom. The third kappa shape index (κ3) is 1.40.